The highest BCUT2D eigenvalue weighted by Gasteiger charge is 2.34. The van der Waals surface area contributed by atoms with Gasteiger partial charge in [-0.25, -0.2) is 0 Å². The minimum Gasteiger partial charge on any atom is -0.394 e. The summed E-state index contributed by atoms with van der Waals surface area (Å²) in [4.78, 5) is 0. The molecule has 0 aromatic heterocycles. The Hall–Kier alpha value is -0.900. The molecule has 2 N–H and O–H groups in total. The molecule has 2 rings (SSSR count). The van der Waals surface area contributed by atoms with Gasteiger partial charge in [0.15, 0.2) is 0 Å². The van der Waals surface area contributed by atoms with Crippen LogP contribution < -0.4 is 0 Å². The highest BCUT2D eigenvalue weighted by molar-refractivity contribution is 5.38. The van der Waals surface area contributed by atoms with Gasteiger partial charge in [-0.3, -0.25) is 0 Å². The lowest BCUT2D eigenvalue weighted by molar-refractivity contribution is -0.0227. The average Bonchev–Trinajstić information content (AvgIpc) is 2.65. The molecule has 3 atom stereocenters. The molecule has 3 heteroatoms. The van der Waals surface area contributed by atoms with Crippen molar-refractivity contribution in [3.8, 4) is 0 Å². The van der Waals surface area contributed by atoms with E-state index in [1.807, 2.05) is 0 Å². The summed E-state index contributed by atoms with van der Waals surface area (Å²) in [5, 5.41) is 18.8. The average molecular weight is 236 g/mol. The molecule has 0 aliphatic carbocycles. The molecule has 1 heterocycles. The summed E-state index contributed by atoms with van der Waals surface area (Å²) in [5.74, 6) is 0. The van der Waals surface area contributed by atoms with Crippen LogP contribution in [0.15, 0.2) is 12.1 Å². The Morgan fingerprint density at radius 1 is 1.18 bits per heavy atom. The van der Waals surface area contributed by atoms with Crippen molar-refractivity contribution in [2.24, 2.45) is 0 Å². The van der Waals surface area contributed by atoms with E-state index in [1.54, 1.807) is 0 Å². The first-order valence-electron chi connectivity index (χ1n) is 6.05. The van der Waals surface area contributed by atoms with Crippen LogP contribution in [-0.2, 0) is 4.74 Å². The van der Waals surface area contributed by atoms with Crippen LogP contribution in [0.4, 0.5) is 0 Å². The zero-order valence-corrected chi connectivity index (χ0v) is 10.6. The summed E-state index contributed by atoms with van der Waals surface area (Å²) >= 11 is 0. The second kappa shape index (κ2) is 4.77. The number of hydrogen-bond acceptors (Lipinski definition) is 3. The highest BCUT2D eigenvalue weighted by Crippen LogP contribution is 2.35. The molecule has 1 aromatic carbocycles. The van der Waals surface area contributed by atoms with Crippen LogP contribution in [0.25, 0.3) is 0 Å². The number of hydrogen-bond donors (Lipinski definition) is 2. The Balaban J connectivity index is 2.27. The summed E-state index contributed by atoms with van der Waals surface area (Å²) in [5.41, 5.74) is 4.81. The van der Waals surface area contributed by atoms with Crippen molar-refractivity contribution in [2.45, 2.75) is 45.5 Å². The van der Waals surface area contributed by atoms with E-state index in [0.717, 1.165) is 5.56 Å². The topological polar surface area (TPSA) is 49.7 Å². The summed E-state index contributed by atoms with van der Waals surface area (Å²) in [6.07, 6.45) is -0.539. The van der Waals surface area contributed by atoms with Gasteiger partial charge in [0.05, 0.1) is 18.8 Å². The van der Waals surface area contributed by atoms with E-state index in [2.05, 4.69) is 32.9 Å². The molecule has 1 aliphatic heterocycles. The van der Waals surface area contributed by atoms with Gasteiger partial charge in [-0.05, 0) is 43.0 Å². The van der Waals surface area contributed by atoms with Gasteiger partial charge in [-0.15, -0.1) is 0 Å². The molecule has 0 saturated carbocycles. The van der Waals surface area contributed by atoms with Crippen molar-refractivity contribution >= 4 is 0 Å². The molecule has 1 saturated heterocycles. The first-order chi connectivity index (χ1) is 8.02. The van der Waals surface area contributed by atoms with Crippen LogP contribution in [0.2, 0.25) is 0 Å². The van der Waals surface area contributed by atoms with Crippen molar-refractivity contribution < 1.29 is 14.9 Å². The molecule has 1 fully saturated rings. The standard InChI is InChI=1S/C14H20O3/c1-8-4-10(3)11(5-9(8)2)13-6-12(16)14(7-15)17-13/h4-5,12-16H,6-7H2,1-3H3/t12-,13-,14+/m0/s1. The molecular weight excluding hydrogens is 216 g/mol. The van der Waals surface area contributed by atoms with Crippen LogP contribution in [0.1, 0.15) is 34.8 Å². The first-order valence-corrected chi connectivity index (χ1v) is 6.05. The Morgan fingerprint density at radius 3 is 2.41 bits per heavy atom. The maximum atomic E-state index is 9.75. The predicted octanol–water partition coefficient (Wildman–Crippen LogP) is 1.80. The van der Waals surface area contributed by atoms with Crippen LogP contribution in [-0.4, -0.2) is 29.0 Å². The fraction of sp³-hybridized carbons (Fsp3) is 0.571. The summed E-state index contributed by atoms with van der Waals surface area (Å²) < 4.78 is 5.68. The summed E-state index contributed by atoms with van der Waals surface area (Å²) in [7, 11) is 0. The largest absolute Gasteiger partial charge is 0.394 e. The molecule has 0 radical (unpaired) electrons. The Morgan fingerprint density at radius 2 is 1.82 bits per heavy atom. The molecular formula is C14H20O3. The van der Waals surface area contributed by atoms with E-state index in [4.69, 9.17) is 9.84 Å². The van der Waals surface area contributed by atoms with Crippen LogP contribution in [0.3, 0.4) is 0 Å². The Labute approximate surface area is 102 Å². The Bertz CT molecular complexity index is 414. The van der Waals surface area contributed by atoms with Crippen molar-refractivity contribution in [1.82, 2.24) is 0 Å². The fourth-order valence-electron chi connectivity index (χ4n) is 2.42. The van der Waals surface area contributed by atoms with Crippen LogP contribution in [0.5, 0.6) is 0 Å². The predicted molar refractivity (Wildman–Crippen MR) is 66.0 cm³/mol. The second-order valence-electron chi connectivity index (χ2n) is 4.94. The van der Waals surface area contributed by atoms with Gasteiger partial charge in [0.1, 0.15) is 6.10 Å². The van der Waals surface area contributed by atoms with Gasteiger partial charge in [-0.1, -0.05) is 12.1 Å². The molecule has 94 valence electrons. The maximum Gasteiger partial charge on any atom is 0.107 e. The molecule has 0 bridgehead atoms. The van der Waals surface area contributed by atoms with Gasteiger partial charge < -0.3 is 14.9 Å². The molecule has 0 unspecified atom stereocenters. The van der Waals surface area contributed by atoms with E-state index in [0.29, 0.717) is 6.42 Å². The van der Waals surface area contributed by atoms with Gasteiger partial charge in [0.25, 0.3) is 0 Å². The summed E-state index contributed by atoms with van der Waals surface area (Å²) in [6, 6.07) is 4.27. The van der Waals surface area contributed by atoms with Crippen molar-refractivity contribution in [1.29, 1.82) is 0 Å². The smallest absolute Gasteiger partial charge is 0.107 e. The number of aliphatic hydroxyl groups excluding tert-OH is 2. The number of ether oxygens (including phenoxy) is 1. The third-order valence-corrected chi connectivity index (χ3v) is 3.63. The molecule has 0 amide bonds. The zero-order chi connectivity index (χ0) is 12.6. The number of rotatable bonds is 2. The van der Waals surface area contributed by atoms with Gasteiger partial charge in [0.2, 0.25) is 0 Å². The van der Waals surface area contributed by atoms with E-state index in [1.165, 1.54) is 16.7 Å². The fourth-order valence-corrected chi connectivity index (χ4v) is 2.42. The minimum atomic E-state index is -0.564. The first kappa shape index (κ1) is 12.6. The van der Waals surface area contributed by atoms with E-state index >= 15 is 0 Å². The second-order valence-corrected chi connectivity index (χ2v) is 4.94. The maximum absolute atomic E-state index is 9.75. The van der Waals surface area contributed by atoms with Crippen LogP contribution >= 0.6 is 0 Å². The van der Waals surface area contributed by atoms with Crippen molar-refractivity contribution in [2.75, 3.05) is 6.61 Å². The lowest BCUT2D eigenvalue weighted by Gasteiger charge is -2.16. The SMILES string of the molecule is Cc1cc(C)c([C@@H]2C[C@H](O)[C@@H](CO)O2)cc1C. The molecule has 3 nitrogen and oxygen atoms in total. The van der Waals surface area contributed by atoms with E-state index < -0.39 is 12.2 Å². The van der Waals surface area contributed by atoms with Gasteiger partial charge in [0, 0.05) is 6.42 Å². The highest BCUT2D eigenvalue weighted by atomic mass is 16.5. The third kappa shape index (κ3) is 2.37. The van der Waals surface area contributed by atoms with Gasteiger partial charge in [-0.2, -0.15) is 0 Å². The molecule has 0 spiro atoms. The quantitative estimate of drug-likeness (QED) is 0.823. The molecule has 1 aliphatic rings. The minimum absolute atomic E-state index is 0.0959. The van der Waals surface area contributed by atoms with Crippen molar-refractivity contribution in [3.63, 3.8) is 0 Å². The summed E-state index contributed by atoms with van der Waals surface area (Å²) in [6.45, 7) is 6.10. The van der Waals surface area contributed by atoms with E-state index in [-0.39, 0.29) is 12.7 Å². The van der Waals surface area contributed by atoms with Crippen molar-refractivity contribution in [3.05, 3.63) is 34.4 Å². The monoisotopic (exact) mass is 236 g/mol. The number of aliphatic hydroxyl groups is 2. The van der Waals surface area contributed by atoms with Gasteiger partial charge >= 0.3 is 0 Å². The molecule has 1 aromatic rings. The normalized spacial score (nSPS) is 28.6. The zero-order valence-electron chi connectivity index (χ0n) is 10.6. The van der Waals surface area contributed by atoms with Crippen LogP contribution in [0, 0.1) is 20.8 Å². The lowest BCUT2D eigenvalue weighted by Crippen LogP contribution is -2.24. The van der Waals surface area contributed by atoms with E-state index in [9.17, 15) is 5.11 Å². The third-order valence-electron chi connectivity index (χ3n) is 3.63. The Kier molecular flexibility index (Phi) is 3.52. The lowest BCUT2D eigenvalue weighted by atomic mass is 9.95. The number of aryl methyl sites for hydroxylation is 3. The molecule has 17 heavy (non-hydrogen) atoms. The number of benzene rings is 1.